The van der Waals surface area contributed by atoms with Crippen molar-refractivity contribution in [2.45, 2.75) is 19.8 Å². The van der Waals surface area contributed by atoms with E-state index >= 15 is 0 Å². The van der Waals surface area contributed by atoms with Gasteiger partial charge in [-0.3, -0.25) is 4.79 Å². The van der Waals surface area contributed by atoms with Gasteiger partial charge in [0, 0.05) is 6.54 Å². The number of carbonyl (C=O) groups is 1. The number of benzene rings is 1. The average molecular weight is 269 g/mol. The standard InChI is InChI=1S/C14H20FNO3/c1-10(6-7-11(8-16)14(17)18)9-19-13-5-3-2-4-12(13)15/h2-5,10-11H,6-9,16H2,1H3,(H,17,18). The molecular formula is C14H20FNO3. The summed E-state index contributed by atoms with van der Waals surface area (Å²) in [5.41, 5.74) is 5.38. The van der Waals surface area contributed by atoms with Crippen molar-refractivity contribution >= 4 is 5.97 Å². The third kappa shape index (κ3) is 5.26. The highest BCUT2D eigenvalue weighted by atomic mass is 19.1. The molecule has 0 aromatic heterocycles. The van der Waals surface area contributed by atoms with Gasteiger partial charge in [-0.05, 0) is 30.9 Å². The average Bonchev–Trinajstić information content (AvgIpc) is 2.38. The van der Waals surface area contributed by atoms with Crippen LogP contribution in [-0.4, -0.2) is 24.2 Å². The fourth-order valence-corrected chi connectivity index (χ4v) is 1.71. The molecule has 0 saturated heterocycles. The zero-order chi connectivity index (χ0) is 14.3. The summed E-state index contributed by atoms with van der Waals surface area (Å²) >= 11 is 0. The van der Waals surface area contributed by atoms with E-state index in [1.807, 2.05) is 6.92 Å². The maximum Gasteiger partial charge on any atom is 0.307 e. The van der Waals surface area contributed by atoms with E-state index in [1.165, 1.54) is 6.07 Å². The van der Waals surface area contributed by atoms with Crippen molar-refractivity contribution in [2.24, 2.45) is 17.6 Å². The van der Waals surface area contributed by atoms with Crippen molar-refractivity contribution in [1.82, 2.24) is 0 Å². The van der Waals surface area contributed by atoms with Crippen LogP contribution < -0.4 is 10.5 Å². The van der Waals surface area contributed by atoms with E-state index in [-0.39, 0.29) is 24.0 Å². The molecule has 0 spiro atoms. The van der Waals surface area contributed by atoms with Crippen LogP contribution in [0.2, 0.25) is 0 Å². The first-order chi connectivity index (χ1) is 9.04. The minimum atomic E-state index is -0.871. The van der Waals surface area contributed by atoms with Crippen molar-refractivity contribution in [3.63, 3.8) is 0 Å². The molecule has 1 aromatic rings. The highest BCUT2D eigenvalue weighted by molar-refractivity contribution is 5.70. The third-order valence-electron chi connectivity index (χ3n) is 3.00. The van der Waals surface area contributed by atoms with Crippen molar-refractivity contribution in [2.75, 3.05) is 13.2 Å². The minimum Gasteiger partial charge on any atom is -0.490 e. The van der Waals surface area contributed by atoms with Crippen molar-refractivity contribution in [3.05, 3.63) is 30.1 Å². The number of aliphatic carboxylic acids is 1. The van der Waals surface area contributed by atoms with Gasteiger partial charge in [-0.25, -0.2) is 4.39 Å². The third-order valence-corrected chi connectivity index (χ3v) is 3.00. The van der Waals surface area contributed by atoms with Gasteiger partial charge in [-0.15, -0.1) is 0 Å². The zero-order valence-corrected chi connectivity index (χ0v) is 11.0. The van der Waals surface area contributed by atoms with Crippen LogP contribution in [-0.2, 0) is 4.79 Å². The van der Waals surface area contributed by atoms with Gasteiger partial charge in [0.2, 0.25) is 0 Å². The number of ether oxygens (including phenoxy) is 1. The Morgan fingerprint density at radius 3 is 2.68 bits per heavy atom. The number of carboxylic acid groups (broad SMARTS) is 1. The normalized spacial score (nSPS) is 13.8. The molecule has 5 heteroatoms. The van der Waals surface area contributed by atoms with Crippen LogP contribution in [0.4, 0.5) is 4.39 Å². The lowest BCUT2D eigenvalue weighted by Crippen LogP contribution is -2.24. The predicted molar refractivity (Wildman–Crippen MR) is 70.5 cm³/mol. The molecule has 1 aromatic carbocycles. The highest BCUT2D eigenvalue weighted by Crippen LogP contribution is 2.18. The number of rotatable bonds is 8. The maximum atomic E-state index is 13.3. The van der Waals surface area contributed by atoms with E-state index in [9.17, 15) is 9.18 Å². The number of carboxylic acids is 1. The van der Waals surface area contributed by atoms with Gasteiger partial charge < -0.3 is 15.6 Å². The monoisotopic (exact) mass is 269 g/mol. The molecule has 0 saturated carbocycles. The number of para-hydroxylation sites is 1. The summed E-state index contributed by atoms with van der Waals surface area (Å²) in [6.45, 7) is 2.43. The summed E-state index contributed by atoms with van der Waals surface area (Å²) in [5.74, 6) is -1.41. The molecule has 106 valence electrons. The van der Waals surface area contributed by atoms with Gasteiger partial charge in [-0.2, -0.15) is 0 Å². The quantitative estimate of drug-likeness (QED) is 0.759. The number of halogens is 1. The first-order valence-electron chi connectivity index (χ1n) is 6.34. The Kier molecular flexibility index (Phi) is 6.29. The largest absolute Gasteiger partial charge is 0.490 e. The van der Waals surface area contributed by atoms with Crippen LogP contribution in [0.1, 0.15) is 19.8 Å². The molecule has 0 bridgehead atoms. The van der Waals surface area contributed by atoms with E-state index in [0.29, 0.717) is 19.4 Å². The fourth-order valence-electron chi connectivity index (χ4n) is 1.71. The lowest BCUT2D eigenvalue weighted by atomic mass is 9.97. The fraction of sp³-hybridized carbons (Fsp3) is 0.500. The smallest absolute Gasteiger partial charge is 0.307 e. The summed E-state index contributed by atoms with van der Waals surface area (Å²) in [4.78, 5) is 10.8. The second-order valence-electron chi connectivity index (χ2n) is 4.69. The summed E-state index contributed by atoms with van der Waals surface area (Å²) in [6, 6.07) is 6.22. The molecule has 0 amide bonds. The van der Waals surface area contributed by atoms with Crippen LogP contribution in [0.3, 0.4) is 0 Å². The molecule has 19 heavy (non-hydrogen) atoms. The molecule has 1 rings (SSSR count). The second-order valence-corrected chi connectivity index (χ2v) is 4.69. The first-order valence-corrected chi connectivity index (χ1v) is 6.34. The van der Waals surface area contributed by atoms with Crippen molar-refractivity contribution < 1.29 is 19.0 Å². The van der Waals surface area contributed by atoms with Gasteiger partial charge in [0.1, 0.15) is 0 Å². The topological polar surface area (TPSA) is 72.6 Å². The lowest BCUT2D eigenvalue weighted by molar-refractivity contribution is -0.141. The first kappa shape index (κ1) is 15.4. The van der Waals surface area contributed by atoms with Crippen LogP contribution in [0.5, 0.6) is 5.75 Å². The number of hydrogen-bond donors (Lipinski definition) is 2. The Morgan fingerprint density at radius 1 is 1.42 bits per heavy atom. The Bertz CT molecular complexity index is 411. The van der Waals surface area contributed by atoms with Gasteiger partial charge in [0.05, 0.1) is 12.5 Å². The van der Waals surface area contributed by atoms with Crippen LogP contribution >= 0.6 is 0 Å². The Morgan fingerprint density at radius 2 is 2.11 bits per heavy atom. The van der Waals surface area contributed by atoms with Gasteiger partial charge in [0.15, 0.2) is 11.6 Å². The summed E-state index contributed by atoms with van der Waals surface area (Å²) in [7, 11) is 0. The van der Waals surface area contributed by atoms with Gasteiger partial charge in [0.25, 0.3) is 0 Å². The molecule has 0 radical (unpaired) electrons. The predicted octanol–water partition coefficient (Wildman–Crippen LogP) is 2.28. The lowest BCUT2D eigenvalue weighted by Gasteiger charge is -2.15. The SMILES string of the molecule is CC(CCC(CN)C(=O)O)COc1ccccc1F. The molecule has 0 aliphatic carbocycles. The van der Waals surface area contributed by atoms with E-state index in [4.69, 9.17) is 15.6 Å². The van der Waals surface area contributed by atoms with Crippen LogP contribution in [0, 0.1) is 17.7 Å². The Balaban J connectivity index is 2.34. The van der Waals surface area contributed by atoms with Crippen molar-refractivity contribution in [1.29, 1.82) is 0 Å². The molecular weight excluding hydrogens is 249 g/mol. The van der Waals surface area contributed by atoms with E-state index < -0.39 is 11.9 Å². The molecule has 4 nitrogen and oxygen atoms in total. The molecule has 0 fully saturated rings. The Hall–Kier alpha value is -1.62. The molecule has 0 aliphatic heterocycles. The molecule has 2 unspecified atom stereocenters. The van der Waals surface area contributed by atoms with E-state index in [2.05, 4.69) is 0 Å². The highest BCUT2D eigenvalue weighted by Gasteiger charge is 2.16. The maximum absolute atomic E-state index is 13.3. The van der Waals surface area contributed by atoms with Crippen molar-refractivity contribution in [3.8, 4) is 5.75 Å². The molecule has 2 atom stereocenters. The van der Waals surface area contributed by atoms with Gasteiger partial charge >= 0.3 is 5.97 Å². The summed E-state index contributed by atoms with van der Waals surface area (Å²) in [6.07, 6.45) is 1.19. The molecule has 0 heterocycles. The summed E-state index contributed by atoms with van der Waals surface area (Å²) in [5, 5.41) is 8.87. The second kappa shape index (κ2) is 7.74. The molecule has 3 N–H and O–H groups in total. The van der Waals surface area contributed by atoms with Crippen LogP contribution in [0.25, 0.3) is 0 Å². The summed E-state index contributed by atoms with van der Waals surface area (Å²) < 4.78 is 18.7. The number of hydrogen-bond acceptors (Lipinski definition) is 3. The Labute approximate surface area is 112 Å². The van der Waals surface area contributed by atoms with E-state index in [0.717, 1.165) is 0 Å². The van der Waals surface area contributed by atoms with Gasteiger partial charge in [-0.1, -0.05) is 19.1 Å². The van der Waals surface area contributed by atoms with E-state index in [1.54, 1.807) is 18.2 Å². The zero-order valence-electron chi connectivity index (χ0n) is 11.0. The molecule has 0 aliphatic rings. The minimum absolute atomic E-state index is 0.135. The van der Waals surface area contributed by atoms with Crippen LogP contribution in [0.15, 0.2) is 24.3 Å². The number of nitrogens with two attached hydrogens (primary N) is 1.